The molecule has 0 amide bonds. The molecule has 0 saturated heterocycles. The van der Waals surface area contributed by atoms with Crippen molar-refractivity contribution in [2.24, 2.45) is 0 Å². The van der Waals surface area contributed by atoms with Crippen molar-refractivity contribution >= 4 is 11.6 Å². The molecule has 21 heavy (non-hydrogen) atoms. The Morgan fingerprint density at radius 3 is 2.33 bits per heavy atom. The number of aromatic nitrogens is 2. The molecule has 0 atom stereocenters. The van der Waals surface area contributed by atoms with E-state index in [-0.39, 0.29) is 5.56 Å². The van der Waals surface area contributed by atoms with Crippen LogP contribution in [0.1, 0.15) is 5.56 Å². The quantitative estimate of drug-likeness (QED) is 0.740. The summed E-state index contributed by atoms with van der Waals surface area (Å²) in [6, 6.07) is 20.5. The fourth-order valence-electron chi connectivity index (χ4n) is 2.09. The van der Waals surface area contributed by atoms with Crippen LogP contribution in [0.3, 0.4) is 0 Å². The third-order valence-corrected chi connectivity index (χ3v) is 3.43. The molecule has 1 aromatic heterocycles. The molecule has 0 aliphatic heterocycles. The van der Waals surface area contributed by atoms with E-state index in [1.165, 1.54) is 4.68 Å². The molecular formula is C17H13ClN2O. The standard InChI is InChI=1S/C17H13ClN2O/c18-15-8-6-14(7-9-15)16-10-11-17(21)20(19-16)12-13-4-2-1-3-5-13/h1-11H,12H2. The first-order chi connectivity index (χ1) is 10.2. The first-order valence-corrected chi connectivity index (χ1v) is 6.98. The zero-order chi connectivity index (χ0) is 14.7. The lowest BCUT2D eigenvalue weighted by molar-refractivity contribution is 0.643. The molecule has 0 saturated carbocycles. The molecule has 0 radical (unpaired) electrons. The van der Waals surface area contributed by atoms with Gasteiger partial charge >= 0.3 is 0 Å². The summed E-state index contributed by atoms with van der Waals surface area (Å²) in [6.07, 6.45) is 0. The highest BCUT2D eigenvalue weighted by molar-refractivity contribution is 6.30. The molecule has 0 aliphatic rings. The van der Waals surface area contributed by atoms with Crippen LogP contribution in [-0.4, -0.2) is 9.78 Å². The van der Waals surface area contributed by atoms with E-state index in [9.17, 15) is 4.79 Å². The van der Waals surface area contributed by atoms with E-state index in [2.05, 4.69) is 5.10 Å². The van der Waals surface area contributed by atoms with Crippen LogP contribution in [0.5, 0.6) is 0 Å². The normalized spacial score (nSPS) is 10.5. The van der Waals surface area contributed by atoms with Crippen LogP contribution in [0.4, 0.5) is 0 Å². The fourth-order valence-corrected chi connectivity index (χ4v) is 2.22. The second kappa shape index (κ2) is 5.94. The van der Waals surface area contributed by atoms with Gasteiger partial charge in [-0.2, -0.15) is 5.10 Å². The topological polar surface area (TPSA) is 34.9 Å². The van der Waals surface area contributed by atoms with Crippen LogP contribution in [0.2, 0.25) is 5.02 Å². The molecule has 0 aliphatic carbocycles. The molecule has 0 unspecified atom stereocenters. The largest absolute Gasteiger partial charge is 0.268 e. The Kier molecular flexibility index (Phi) is 3.84. The Labute approximate surface area is 127 Å². The number of hydrogen-bond donors (Lipinski definition) is 0. The first-order valence-electron chi connectivity index (χ1n) is 6.60. The van der Waals surface area contributed by atoms with Crippen LogP contribution in [0, 0.1) is 0 Å². The summed E-state index contributed by atoms with van der Waals surface area (Å²) in [5.74, 6) is 0. The highest BCUT2D eigenvalue weighted by Gasteiger charge is 2.04. The summed E-state index contributed by atoms with van der Waals surface area (Å²) in [5.41, 5.74) is 2.61. The lowest BCUT2D eigenvalue weighted by Gasteiger charge is -2.07. The maximum atomic E-state index is 11.9. The molecule has 2 aromatic carbocycles. The number of benzene rings is 2. The average molecular weight is 297 g/mol. The molecule has 104 valence electrons. The van der Waals surface area contributed by atoms with Gasteiger partial charge in [-0.1, -0.05) is 54.1 Å². The van der Waals surface area contributed by atoms with Gasteiger partial charge in [0.1, 0.15) is 0 Å². The third-order valence-electron chi connectivity index (χ3n) is 3.18. The highest BCUT2D eigenvalue weighted by Crippen LogP contribution is 2.18. The first kappa shape index (κ1) is 13.6. The van der Waals surface area contributed by atoms with Gasteiger partial charge in [0.25, 0.3) is 5.56 Å². The second-order valence-electron chi connectivity index (χ2n) is 4.71. The summed E-state index contributed by atoms with van der Waals surface area (Å²) in [4.78, 5) is 11.9. The number of hydrogen-bond acceptors (Lipinski definition) is 2. The minimum absolute atomic E-state index is 0.114. The average Bonchev–Trinajstić information content (AvgIpc) is 2.51. The Bertz CT molecular complexity index is 795. The summed E-state index contributed by atoms with van der Waals surface area (Å²) in [5, 5.41) is 5.11. The summed E-state index contributed by atoms with van der Waals surface area (Å²) < 4.78 is 1.47. The Hall–Kier alpha value is -2.39. The predicted octanol–water partition coefficient (Wildman–Crippen LogP) is 3.61. The Morgan fingerprint density at radius 1 is 0.905 bits per heavy atom. The summed E-state index contributed by atoms with van der Waals surface area (Å²) in [7, 11) is 0. The van der Waals surface area contributed by atoms with Crippen LogP contribution in [-0.2, 0) is 6.54 Å². The highest BCUT2D eigenvalue weighted by atomic mass is 35.5. The molecule has 1 heterocycles. The van der Waals surface area contributed by atoms with E-state index in [1.807, 2.05) is 54.6 Å². The van der Waals surface area contributed by atoms with Crippen molar-refractivity contribution in [1.82, 2.24) is 9.78 Å². The Balaban J connectivity index is 1.96. The van der Waals surface area contributed by atoms with Gasteiger partial charge in [0.2, 0.25) is 0 Å². The zero-order valence-corrected chi connectivity index (χ0v) is 12.0. The van der Waals surface area contributed by atoms with Gasteiger partial charge in [-0.05, 0) is 23.8 Å². The third kappa shape index (κ3) is 3.20. The summed E-state index contributed by atoms with van der Waals surface area (Å²) in [6.45, 7) is 0.459. The van der Waals surface area contributed by atoms with Gasteiger partial charge in [-0.25, -0.2) is 4.68 Å². The molecule has 3 aromatic rings. The Morgan fingerprint density at radius 2 is 1.62 bits per heavy atom. The molecule has 0 bridgehead atoms. The van der Waals surface area contributed by atoms with Crippen molar-refractivity contribution in [2.45, 2.75) is 6.54 Å². The fraction of sp³-hybridized carbons (Fsp3) is 0.0588. The van der Waals surface area contributed by atoms with Crippen molar-refractivity contribution in [1.29, 1.82) is 0 Å². The van der Waals surface area contributed by atoms with Gasteiger partial charge in [0.05, 0.1) is 12.2 Å². The predicted molar refractivity (Wildman–Crippen MR) is 84.5 cm³/mol. The minimum atomic E-state index is -0.114. The lowest BCUT2D eigenvalue weighted by Crippen LogP contribution is -2.22. The van der Waals surface area contributed by atoms with Gasteiger partial charge in [-0.15, -0.1) is 0 Å². The van der Waals surface area contributed by atoms with E-state index in [1.54, 1.807) is 12.1 Å². The molecule has 0 fully saturated rings. The van der Waals surface area contributed by atoms with Crippen LogP contribution < -0.4 is 5.56 Å². The maximum Gasteiger partial charge on any atom is 0.267 e. The lowest BCUT2D eigenvalue weighted by atomic mass is 10.1. The van der Waals surface area contributed by atoms with Crippen LogP contribution in [0.15, 0.2) is 71.5 Å². The summed E-state index contributed by atoms with van der Waals surface area (Å²) >= 11 is 5.89. The SMILES string of the molecule is O=c1ccc(-c2ccc(Cl)cc2)nn1Cc1ccccc1. The van der Waals surface area contributed by atoms with Crippen molar-refractivity contribution in [3.8, 4) is 11.3 Å². The van der Waals surface area contributed by atoms with Gasteiger partial charge < -0.3 is 0 Å². The van der Waals surface area contributed by atoms with E-state index in [0.717, 1.165) is 16.8 Å². The van der Waals surface area contributed by atoms with Gasteiger partial charge in [0, 0.05) is 16.7 Å². The van der Waals surface area contributed by atoms with Crippen molar-refractivity contribution in [3.05, 3.63) is 87.7 Å². The van der Waals surface area contributed by atoms with Crippen molar-refractivity contribution in [2.75, 3.05) is 0 Å². The molecule has 4 heteroatoms. The monoisotopic (exact) mass is 296 g/mol. The van der Waals surface area contributed by atoms with Crippen molar-refractivity contribution < 1.29 is 0 Å². The van der Waals surface area contributed by atoms with E-state index in [4.69, 9.17) is 11.6 Å². The second-order valence-corrected chi connectivity index (χ2v) is 5.14. The van der Waals surface area contributed by atoms with E-state index in [0.29, 0.717) is 11.6 Å². The van der Waals surface area contributed by atoms with Crippen LogP contribution in [0.25, 0.3) is 11.3 Å². The number of nitrogens with zero attached hydrogens (tertiary/aromatic N) is 2. The molecule has 3 nitrogen and oxygen atoms in total. The maximum absolute atomic E-state index is 11.9. The molecule has 3 rings (SSSR count). The van der Waals surface area contributed by atoms with Gasteiger partial charge in [-0.3, -0.25) is 4.79 Å². The molecule has 0 N–H and O–H groups in total. The number of rotatable bonds is 3. The van der Waals surface area contributed by atoms with Crippen molar-refractivity contribution in [3.63, 3.8) is 0 Å². The zero-order valence-electron chi connectivity index (χ0n) is 11.2. The molecule has 0 spiro atoms. The minimum Gasteiger partial charge on any atom is -0.268 e. The van der Waals surface area contributed by atoms with Gasteiger partial charge in [0.15, 0.2) is 0 Å². The van der Waals surface area contributed by atoms with E-state index >= 15 is 0 Å². The smallest absolute Gasteiger partial charge is 0.267 e. The van der Waals surface area contributed by atoms with E-state index < -0.39 is 0 Å². The molecular weight excluding hydrogens is 284 g/mol. The number of halogens is 1. The van der Waals surface area contributed by atoms with Crippen LogP contribution >= 0.6 is 11.6 Å².